The molecule has 0 spiro atoms. The van der Waals surface area contributed by atoms with Crippen molar-refractivity contribution in [3.8, 4) is 0 Å². The van der Waals surface area contributed by atoms with Crippen molar-refractivity contribution in [3.05, 3.63) is 45.5 Å². The molecule has 1 aromatic rings. The second kappa shape index (κ2) is 5.90. The van der Waals surface area contributed by atoms with Crippen LogP contribution in [-0.4, -0.2) is 21.8 Å². The molecule has 100 valence electrons. The molecule has 0 aliphatic rings. The monoisotopic (exact) mass is 263 g/mol. The van der Waals surface area contributed by atoms with Crippen LogP contribution in [-0.2, 0) is 9.59 Å². The summed E-state index contributed by atoms with van der Waals surface area (Å²) in [7, 11) is 0. The van der Waals surface area contributed by atoms with Gasteiger partial charge in [0, 0.05) is 18.1 Å². The molecule has 0 radical (unpaired) electrons. The maximum absolute atomic E-state index is 11.7. The first-order chi connectivity index (χ1) is 8.82. The number of carbonyl (C=O) groups excluding carboxylic acids is 1. The van der Waals surface area contributed by atoms with E-state index >= 15 is 0 Å². The summed E-state index contributed by atoms with van der Waals surface area (Å²) in [5, 5.41) is 19.6. The molecule has 0 saturated heterocycles. The van der Waals surface area contributed by atoms with Crippen LogP contribution in [0.4, 0.5) is 5.69 Å². The van der Waals surface area contributed by atoms with Crippen LogP contribution in [0.5, 0.6) is 0 Å². The van der Waals surface area contributed by atoms with Crippen LogP contribution in [0.15, 0.2) is 29.8 Å². The van der Waals surface area contributed by atoms with E-state index in [9.17, 15) is 19.7 Å². The zero-order chi connectivity index (χ0) is 14.6. The molecule has 6 heteroatoms. The zero-order valence-electron chi connectivity index (χ0n) is 10.5. The van der Waals surface area contributed by atoms with Gasteiger partial charge in [0.25, 0.3) is 5.69 Å². The highest BCUT2D eigenvalue weighted by Crippen LogP contribution is 2.17. The molecule has 0 atom stereocenters. The highest BCUT2D eigenvalue weighted by molar-refractivity contribution is 6.20. The Bertz CT molecular complexity index is 560. The minimum absolute atomic E-state index is 0.157. The number of hydrogen-bond acceptors (Lipinski definition) is 4. The number of carbonyl (C=O) groups is 2. The summed E-state index contributed by atoms with van der Waals surface area (Å²) in [6.45, 7) is 3.18. The van der Waals surface area contributed by atoms with E-state index in [4.69, 9.17) is 5.11 Å². The number of carboxylic acids is 1. The van der Waals surface area contributed by atoms with Crippen LogP contribution < -0.4 is 0 Å². The number of non-ortho nitro benzene ring substituents is 1. The maximum Gasteiger partial charge on any atom is 0.339 e. The average molecular weight is 263 g/mol. The molecule has 0 aliphatic heterocycles. The first kappa shape index (κ1) is 14.6. The minimum atomic E-state index is -1.34. The third kappa shape index (κ3) is 3.74. The van der Waals surface area contributed by atoms with E-state index < -0.39 is 22.6 Å². The lowest BCUT2D eigenvalue weighted by atomic mass is 9.99. The molecule has 0 heterocycles. The van der Waals surface area contributed by atoms with Gasteiger partial charge in [-0.05, 0) is 11.6 Å². The van der Waals surface area contributed by atoms with Crippen molar-refractivity contribution in [1.82, 2.24) is 0 Å². The van der Waals surface area contributed by atoms with Crippen molar-refractivity contribution in [1.29, 1.82) is 0 Å². The van der Waals surface area contributed by atoms with Crippen LogP contribution in [0.2, 0.25) is 0 Å². The Kier molecular flexibility index (Phi) is 4.52. The predicted octanol–water partition coefficient (Wildman–Crippen LogP) is 2.29. The number of nitro benzene ring substituents is 1. The molecule has 0 fully saturated rings. The van der Waals surface area contributed by atoms with Crippen LogP contribution in [0.1, 0.15) is 19.4 Å². The fourth-order valence-electron chi connectivity index (χ4n) is 1.44. The van der Waals surface area contributed by atoms with Gasteiger partial charge in [-0.15, -0.1) is 0 Å². The van der Waals surface area contributed by atoms with E-state index in [0.29, 0.717) is 5.56 Å². The number of rotatable bonds is 5. The number of nitro groups is 1. The van der Waals surface area contributed by atoms with Crippen LogP contribution in [0.3, 0.4) is 0 Å². The van der Waals surface area contributed by atoms with Gasteiger partial charge in [-0.2, -0.15) is 0 Å². The Labute approximate surface area is 109 Å². The molecule has 0 unspecified atom stereocenters. The summed E-state index contributed by atoms with van der Waals surface area (Å²) >= 11 is 0. The molecular weight excluding hydrogens is 250 g/mol. The second-order valence-electron chi connectivity index (χ2n) is 4.23. The summed E-state index contributed by atoms with van der Waals surface area (Å²) in [5.74, 6) is -2.31. The normalized spacial score (nSPS) is 11.4. The van der Waals surface area contributed by atoms with Gasteiger partial charge in [0.2, 0.25) is 0 Å². The van der Waals surface area contributed by atoms with E-state index in [-0.39, 0.29) is 11.3 Å². The molecule has 19 heavy (non-hydrogen) atoms. The number of benzene rings is 1. The van der Waals surface area contributed by atoms with Crippen LogP contribution >= 0.6 is 0 Å². The number of aliphatic carboxylic acids is 1. The van der Waals surface area contributed by atoms with E-state index in [2.05, 4.69) is 0 Å². The molecular formula is C13H13NO5. The number of nitrogens with zero attached hydrogens (tertiary/aromatic N) is 1. The smallest absolute Gasteiger partial charge is 0.339 e. The number of Topliss-reactive ketones (excluding diaryl/α,β-unsaturated/α-hetero) is 1. The summed E-state index contributed by atoms with van der Waals surface area (Å²) in [4.78, 5) is 32.8. The lowest BCUT2D eigenvalue weighted by molar-refractivity contribution is -0.384. The fraction of sp³-hybridized carbons (Fsp3) is 0.231. The minimum Gasteiger partial charge on any atom is -0.478 e. The summed E-state index contributed by atoms with van der Waals surface area (Å²) in [6.07, 6.45) is 1.15. The maximum atomic E-state index is 11.7. The molecule has 1 aromatic carbocycles. The summed E-state index contributed by atoms with van der Waals surface area (Å²) in [6, 6.07) is 5.45. The van der Waals surface area contributed by atoms with Gasteiger partial charge in [-0.25, -0.2) is 4.79 Å². The number of ketones is 1. The third-order valence-corrected chi connectivity index (χ3v) is 2.41. The van der Waals surface area contributed by atoms with Gasteiger partial charge in [0.05, 0.1) is 4.92 Å². The van der Waals surface area contributed by atoms with E-state index in [0.717, 1.165) is 6.08 Å². The van der Waals surface area contributed by atoms with Crippen molar-refractivity contribution < 1.29 is 19.6 Å². The van der Waals surface area contributed by atoms with Crippen molar-refractivity contribution >= 4 is 23.5 Å². The second-order valence-corrected chi connectivity index (χ2v) is 4.23. The van der Waals surface area contributed by atoms with Crippen molar-refractivity contribution in [3.63, 3.8) is 0 Å². The topological polar surface area (TPSA) is 97.5 Å². The van der Waals surface area contributed by atoms with Crippen molar-refractivity contribution in [2.24, 2.45) is 5.92 Å². The Hall–Kier alpha value is -2.50. The van der Waals surface area contributed by atoms with E-state index in [1.807, 2.05) is 0 Å². The molecule has 0 amide bonds. The van der Waals surface area contributed by atoms with Gasteiger partial charge in [0.15, 0.2) is 5.78 Å². The SMILES string of the molecule is CC(C)C(=O)C(=Cc1cccc([N+](=O)[O-])c1)C(=O)O. The molecule has 0 bridgehead atoms. The van der Waals surface area contributed by atoms with E-state index in [1.54, 1.807) is 13.8 Å². The average Bonchev–Trinajstić information content (AvgIpc) is 2.35. The highest BCUT2D eigenvalue weighted by atomic mass is 16.6. The quantitative estimate of drug-likeness (QED) is 0.289. The summed E-state index contributed by atoms with van der Waals surface area (Å²) in [5.41, 5.74) is -0.230. The van der Waals surface area contributed by atoms with Gasteiger partial charge >= 0.3 is 5.97 Å². The first-order valence-corrected chi connectivity index (χ1v) is 5.56. The van der Waals surface area contributed by atoms with Gasteiger partial charge in [0.1, 0.15) is 5.57 Å². The van der Waals surface area contributed by atoms with Crippen molar-refractivity contribution in [2.75, 3.05) is 0 Å². The summed E-state index contributed by atoms with van der Waals surface area (Å²) < 4.78 is 0. The van der Waals surface area contributed by atoms with Crippen molar-refractivity contribution in [2.45, 2.75) is 13.8 Å². The fourth-order valence-corrected chi connectivity index (χ4v) is 1.44. The molecule has 1 rings (SSSR count). The number of carboxylic acid groups (broad SMARTS) is 1. The largest absolute Gasteiger partial charge is 0.478 e. The van der Waals surface area contributed by atoms with Gasteiger partial charge in [-0.1, -0.05) is 26.0 Å². The standard InChI is InChI=1S/C13H13NO5/c1-8(2)12(15)11(13(16)17)7-9-4-3-5-10(6-9)14(18)19/h3-8H,1-2H3,(H,16,17). The highest BCUT2D eigenvalue weighted by Gasteiger charge is 2.20. The van der Waals surface area contributed by atoms with Crippen LogP contribution in [0, 0.1) is 16.0 Å². The lowest BCUT2D eigenvalue weighted by Gasteiger charge is -2.05. The molecule has 6 nitrogen and oxygen atoms in total. The zero-order valence-corrected chi connectivity index (χ0v) is 10.5. The third-order valence-electron chi connectivity index (χ3n) is 2.41. The Morgan fingerprint density at radius 2 is 2.00 bits per heavy atom. The predicted molar refractivity (Wildman–Crippen MR) is 68.6 cm³/mol. The van der Waals surface area contributed by atoms with Gasteiger partial charge in [-0.3, -0.25) is 14.9 Å². The molecule has 1 N–H and O–H groups in total. The first-order valence-electron chi connectivity index (χ1n) is 5.56. The Morgan fingerprint density at radius 1 is 1.37 bits per heavy atom. The Morgan fingerprint density at radius 3 is 2.47 bits per heavy atom. The Balaban J connectivity index is 3.23. The number of hydrogen-bond donors (Lipinski definition) is 1. The molecule has 0 aromatic heterocycles. The van der Waals surface area contributed by atoms with Crippen LogP contribution in [0.25, 0.3) is 6.08 Å². The van der Waals surface area contributed by atoms with Gasteiger partial charge < -0.3 is 5.11 Å². The molecule has 0 aliphatic carbocycles. The lowest BCUT2D eigenvalue weighted by Crippen LogP contribution is -2.17. The molecule has 0 saturated carbocycles. The van der Waals surface area contributed by atoms with E-state index in [1.165, 1.54) is 24.3 Å².